The summed E-state index contributed by atoms with van der Waals surface area (Å²) in [5.41, 5.74) is 2.74. The fourth-order valence-electron chi connectivity index (χ4n) is 3.32. The maximum Gasteiger partial charge on any atom is 0.228 e. The molecule has 0 saturated carbocycles. The van der Waals surface area contributed by atoms with E-state index in [1.165, 1.54) is 12.1 Å². The third-order valence-corrected chi connectivity index (χ3v) is 4.98. The summed E-state index contributed by atoms with van der Waals surface area (Å²) in [4.78, 5) is 14.3. The highest BCUT2D eigenvalue weighted by molar-refractivity contribution is 5.78. The lowest BCUT2D eigenvalue weighted by atomic mass is 9.93. The summed E-state index contributed by atoms with van der Waals surface area (Å²) in [6, 6.07) is 8.07. The van der Waals surface area contributed by atoms with Crippen LogP contribution in [-0.4, -0.2) is 39.4 Å². The van der Waals surface area contributed by atoms with Gasteiger partial charge in [-0.05, 0) is 44.0 Å². The van der Waals surface area contributed by atoms with Gasteiger partial charge in [0.2, 0.25) is 5.91 Å². The average molecular weight is 370 g/mol. The summed E-state index contributed by atoms with van der Waals surface area (Å²) in [6.45, 7) is 3.08. The molecule has 3 heterocycles. The first-order chi connectivity index (χ1) is 13.1. The number of piperidine rings is 1. The molecule has 140 valence electrons. The molecule has 1 aromatic carbocycles. The van der Waals surface area contributed by atoms with Gasteiger partial charge < -0.3 is 9.42 Å². The van der Waals surface area contributed by atoms with Gasteiger partial charge in [-0.15, -0.1) is 0 Å². The van der Waals surface area contributed by atoms with Gasteiger partial charge in [0, 0.05) is 30.6 Å². The molecule has 1 amide bonds. The Labute approximate surface area is 155 Å². The van der Waals surface area contributed by atoms with E-state index in [-0.39, 0.29) is 24.1 Å². The highest BCUT2D eigenvalue weighted by atomic mass is 19.1. The molecule has 1 saturated heterocycles. The van der Waals surface area contributed by atoms with E-state index in [4.69, 9.17) is 4.52 Å². The Bertz CT molecular complexity index is 927. The summed E-state index contributed by atoms with van der Waals surface area (Å²) in [6.07, 6.45) is 1.82. The van der Waals surface area contributed by atoms with Crippen molar-refractivity contribution in [2.24, 2.45) is 0 Å². The van der Waals surface area contributed by atoms with Crippen LogP contribution in [0.1, 0.15) is 35.9 Å². The van der Waals surface area contributed by atoms with Crippen molar-refractivity contribution in [2.75, 3.05) is 13.1 Å². The number of rotatable bonds is 4. The lowest BCUT2D eigenvalue weighted by Gasteiger charge is -2.30. The van der Waals surface area contributed by atoms with Crippen LogP contribution in [0.5, 0.6) is 0 Å². The van der Waals surface area contributed by atoms with Crippen LogP contribution in [0.3, 0.4) is 0 Å². The SMILES string of the molecule is Cc1nonc1CC(=O)N1CCC(c2cc(-c3ccc(F)cc3)no2)CC1. The summed E-state index contributed by atoms with van der Waals surface area (Å²) in [7, 11) is 0. The molecule has 3 aromatic rings. The molecule has 0 bridgehead atoms. The minimum atomic E-state index is -0.281. The third-order valence-electron chi connectivity index (χ3n) is 4.98. The zero-order valence-electron chi connectivity index (χ0n) is 14.9. The van der Waals surface area contributed by atoms with Gasteiger partial charge in [0.25, 0.3) is 0 Å². The number of amides is 1. The molecule has 1 fully saturated rings. The molecular weight excluding hydrogens is 351 g/mol. The highest BCUT2D eigenvalue weighted by Gasteiger charge is 2.27. The minimum Gasteiger partial charge on any atom is -0.360 e. The maximum absolute atomic E-state index is 13.1. The van der Waals surface area contributed by atoms with Crippen molar-refractivity contribution < 1.29 is 18.3 Å². The summed E-state index contributed by atoms with van der Waals surface area (Å²) in [5, 5.41) is 11.6. The predicted molar refractivity (Wildman–Crippen MR) is 93.2 cm³/mol. The van der Waals surface area contributed by atoms with Crippen molar-refractivity contribution in [2.45, 2.75) is 32.1 Å². The van der Waals surface area contributed by atoms with E-state index in [9.17, 15) is 9.18 Å². The van der Waals surface area contributed by atoms with Crippen molar-refractivity contribution in [3.8, 4) is 11.3 Å². The normalized spacial score (nSPS) is 15.3. The minimum absolute atomic E-state index is 0.0248. The lowest BCUT2D eigenvalue weighted by molar-refractivity contribution is -0.131. The molecule has 0 N–H and O–H groups in total. The Hall–Kier alpha value is -3.03. The van der Waals surface area contributed by atoms with Crippen molar-refractivity contribution in [1.82, 2.24) is 20.4 Å². The van der Waals surface area contributed by atoms with Crippen molar-refractivity contribution >= 4 is 5.91 Å². The summed E-state index contributed by atoms with van der Waals surface area (Å²) < 4.78 is 23.2. The molecule has 0 spiro atoms. The molecule has 4 rings (SSSR count). The van der Waals surface area contributed by atoms with E-state index >= 15 is 0 Å². The largest absolute Gasteiger partial charge is 0.360 e. The molecule has 0 aliphatic carbocycles. The lowest BCUT2D eigenvalue weighted by Crippen LogP contribution is -2.38. The Morgan fingerprint density at radius 2 is 1.93 bits per heavy atom. The van der Waals surface area contributed by atoms with Crippen LogP contribution in [0.4, 0.5) is 4.39 Å². The van der Waals surface area contributed by atoms with Gasteiger partial charge in [0.15, 0.2) is 0 Å². The van der Waals surface area contributed by atoms with Crippen LogP contribution in [-0.2, 0) is 11.2 Å². The van der Waals surface area contributed by atoms with Crippen molar-refractivity contribution in [3.63, 3.8) is 0 Å². The van der Waals surface area contributed by atoms with Gasteiger partial charge in [-0.3, -0.25) is 4.79 Å². The van der Waals surface area contributed by atoms with E-state index in [1.54, 1.807) is 19.1 Å². The number of nitrogens with zero attached hydrogens (tertiary/aromatic N) is 4. The van der Waals surface area contributed by atoms with Gasteiger partial charge in [0.05, 0.1) is 6.42 Å². The number of carbonyl (C=O) groups excluding carboxylic acids is 1. The standard InChI is InChI=1S/C19H19FN4O3/c1-12-16(23-27-21-12)11-19(25)24-8-6-14(7-9-24)18-10-17(22-26-18)13-2-4-15(20)5-3-13/h2-5,10,14H,6-9,11H2,1H3. The zero-order valence-corrected chi connectivity index (χ0v) is 14.9. The Morgan fingerprint density at radius 1 is 1.19 bits per heavy atom. The molecule has 0 unspecified atom stereocenters. The van der Waals surface area contributed by atoms with Gasteiger partial charge in [-0.2, -0.15) is 0 Å². The molecule has 27 heavy (non-hydrogen) atoms. The molecule has 8 heteroatoms. The molecule has 0 atom stereocenters. The second-order valence-corrected chi connectivity index (χ2v) is 6.75. The smallest absolute Gasteiger partial charge is 0.228 e. The summed E-state index contributed by atoms with van der Waals surface area (Å²) >= 11 is 0. The van der Waals surface area contributed by atoms with Gasteiger partial charge >= 0.3 is 0 Å². The molecule has 1 aliphatic heterocycles. The molecule has 2 aromatic heterocycles. The average Bonchev–Trinajstić information content (AvgIpc) is 3.32. The number of aryl methyl sites for hydroxylation is 1. The number of hydrogen-bond acceptors (Lipinski definition) is 6. The first kappa shape index (κ1) is 17.4. The maximum atomic E-state index is 13.1. The monoisotopic (exact) mass is 370 g/mol. The number of carbonyl (C=O) groups is 1. The number of likely N-dealkylation sites (tertiary alicyclic amines) is 1. The fourth-order valence-corrected chi connectivity index (χ4v) is 3.32. The Kier molecular flexibility index (Phi) is 4.70. The first-order valence-corrected chi connectivity index (χ1v) is 8.88. The molecule has 7 nitrogen and oxygen atoms in total. The van der Waals surface area contributed by atoms with Crippen LogP contribution in [0.15, 0.2) is 39.5 Å². The van der Waals surface area contributed by atoms with Gasteiger partial charge in [0.1, 0.15) is 28.7 Å². The van der Waals surface area contributed by atoms with Gasteiger partial charge in [-0.1, -0.05) is 15.5 Å². The number of aromatic nitrogens is 3. The number of hydrogen-bond donors (Lipinski definition) is 0. The predicted octanol–water partition coefficient (Wildman–Crippen LogP) is 3.12. The second-order valence-electron chi connectivity index (χ2n) is 6.75. The van der Waals surface area contributed by atoms with Crippen LogP contribution < -0.4 is 0 Å². The van der Waals surface area contributed by atoms with E-state index in [0.29, 0.717) is 30.2 Å². The third kappa shape index (κ3) is 3.74. The highest BCUT2D eigenvalue weighted by Crippen LogP contribution is 2.31. The molecular formula is C19H19FN4O3. The van der Waals surface area contributed by atoms with Gasteiger partial charge in [-0.25, -0.2) is 9.02 Å². The quantitative estimate of drug-likeness (QED) is 0.701. The summed E-state index contributed by atoms with van der Waals surface area (Å²) in [5.74, 6) is 0.761. The van der Waals surface area contributed by atoms with Crippen LogP contribution in [0.2, 0.25) is 0 Å². The fraction of sp³-hybridized carbons (Fsp3) is 0.368. The van der Waals surface area contributed by atoms with Crippen LogP contribution >= 0.6 is 0 Å². The zero-order chi connectivity index (χ0) is 18.8. The topological polar surface area (TPSA) is 85.3 Å². The second kappa shape index (κ2) is 7.30. The van der Waals surface area contributed by atoms with E-state index in [1.807, 2.05) is 11.0 Å². The van der Waals surface area contributed by atoms with E-state index in [2.05, 4.69) is 20.1 Å². The number of benzene rings is 1. The van der Waals surface area contributed by atoms with E-state index < -0.39 is 0 Å². The van der Waals surface area contributed by atoms with Crippen molar-refractivity contribution in [3.05, 3.63) is 53.3 Å². The Morgan fingerprint density at radius 3 is 2.59 bits per heavy atom. The van der Waals surface area contributed by atoms with Crippen LogP contribution in [0.25, 0.3) is 11.3 Å². The molecule has 1 aliphatic rings. The Balaban J connectivity index is 1.36. The van der Waals surface area contributed by atoms with Crippen LogP contribution in [0, 0.1) is 12.7 Å². The first-order valence-electron chi connectivity index (χ1n) is 8.88. The van der Waals surface area contributed by atoms with Crippen molar-refractivity contribution in [1.29, 1.82) is 0 Å². The molecule has 0 radical (unpaired) electrons. The van der Waals surface area contributed by atoms with E-state index in [0.717, 1.165) is 24.2 Å². The number of halogens is 1.